The Morgan fingerprint density at radius 2 is 1.73 bits per heavy atom. The number of nitrogens with one attached hydrogen (secondary N) is 1. The van der Waals surface area contributed by atoms with E-state index in [1.807, 2.05) is 30.3 Å². The molecule has 0 aliphatic rings. The van der Waals surface area contributed by atoms with E-state index in [0.29, 0.717) is 0 Å². The van der Waals surface area contributed by atoms with Crippen LogP contribution in [0.15, 0.2) is 73.3 Å². The molecule has 0 heterocycles. The van der Waals surface area contributed by atoms with Gasteiger partial charge in [0.15, 0.2) is 0 Å². The van der Waals surface area contributed by atoms with Gasteiger partial charge in [-0.25, -0.2) is 0 Å². The van der Waals surface area contributed by atoms with Gasteiger partial charge < -0.3 is 5.32 Å². The Kier molecular flexibility index (Phi) is 4.45. The molecule has 0 bridgehead atoms. The van der Waals surface area contributed by atoms with Crippen molar-refractivity contribution in [2.45, 2.75) is 13.0 Å². The van der Waals surface area contributed by atoms with Crippen molar-refractivity contribution in [3.63, 3.8) is 0 Å². The van der Waals surface area contributed by atoms with Crippen LogP contribution in [-0.4, -0.2) is 0 Å². The van der Waals surface area contributed by atoms with E-state index in [1.165, 1.54) is 27.6 Å². The highest BCUT2D eigenvalue weighted by atomic mass is 35.5. The van der Waals surface area contributed by atoms with E-state index in [-0.39, 0.29) is 0 Å². The van der Waals surface area contributed by atoms with Crippen LogP contribution in [0, 0.1) is 0 Å². The van der Waals surface area contributed by atoms with Crippen molar-refractivity contribution in [3.8, 4) is 0 Å². The average molecular weight is 308 g/mol. The highest BCUT2D eigenvalue weighted by molar-refractivity contribution is 6.30. The van der Waals surface area contributed by atoms with Crippen LogP contribution in [0.3, 0.4) is 0 Å². The summed E-state index contributed by atoms with van der Waals surface area (Å²) in [4.78, 5) is 0. The van der Waals surface area contributed by atoms with Crippen molar-refractivity contribution in [3.05, 3.63) is 89.5 Å². The van der Waals surface area contributed by atoms with E-state index in [2.05, 4.69) is 48.3 Å². The second-order valence-corrected chi connectivity index (χ2v) is 5.73. The SMILES string of the molecule is C=CCc1ccc2ccccc2c1NCc1ccc(Cl)cc1. The van der Waals surface area contributed by atoms with Gasteiger partial charge >= 0.3 is 0 Å². The van der Waals surface area contributed by atoms with Crippen molar-refractivity contribution >= 4 is 28.1 Å². The number of hydrogen-bond acceptors (Lipinski definition) is 1. The van der Waals surface area contributed by atoms with E-state index in [4.69, 9.17) is 11.6 Å². The maximum atomic E-state index is 5.94. The van der Waals surface area contributed by atoms with Crippen LogP contribution in [0.25, 0.3) is 10.8 Å². The van der Waals surface area contributed by atoms with Crippen molar-refractivity contribution in [1.82, 2.24) is 0 Å². The number of halogens is 1. The lowest BCUT2D eigenvalue weighted by Crippen LogP contribution is -2.03. The predicted molar refractivity (Wildman–Crippen MR) is 96.6 cm³/mol. The molecular weight excluding hydrogens is 290 g/mol. The first-order chi connectivity index (χ1) is 10.8. The molecule has 2 heteroatoms. The molecular formula is C20H18ClN. The minimum absolute atomic E-state index is 0.765. The smallest absolute Gasteiger partial charge is 0.0458 e. The summed E-state index contributed by atoms with van der Waals surface area (Å²) in [6.45, 7) is 4.64. The molecule has 3 aromatic carbocycles. The molecule has 0 aromatic heterocycles. The van der Waals surface area contributed by atoms with Crippen LogP contribution >= 0.6 is 11.6 Å². The van der Waals surface area contributed by atoms with Crippen LogP contribution in [0.2, 0.25) is 5.02 Å². The number of hydrogen-bond donors (Lipinski definition) is 1. The zero-order valence-corrected chi connectivity index (χ0v) is 13.1. The molecule has 0 fully saturated rings. The van der Waals surface area contributed by atoms with Crippen molar-refractivity contribution in [1.29, 1.82) is 0 Å². The number of allylic oxidation sites excluding steroid dienone is 1. The van der Waals surface area contributed by atoms with Gasteiger partial charge in [-0.3, -0.25) is 0 Å². The monoisotopic (exact) mass is 307 g/mol. The van der Waals surface area contributed by atoms with Crippen LogP contribution in [-0.2, 0) is 13.0 Å². The van der Waals surface area contributed by atoms with Crippen LogP contribution in [0.4, 0.5) is 5.69 Å². The molecule has 1 nitrogen and oxygen atoms in total. The summed E-state index contributed by atoms with van der Waals surface area (Å²) in [6.07, 6.45) is 2.80. The van der Waals surface area contributed by atoms with Crippen molar-refractivity contribution in [2.24, 2.45) is 0 Å². The van der Waals surface area contributed by atoms with Gasteiger partial charge in [0, 0.05) is 22.6 Å². The molecule has 1 N–H and O–H groups in total. The Hall–Kier alpha value is -2.25. The maximum Gasteiger partial charge on any atom is 0.0458 e. The summed E-state index contributed by atoms with van der Waals surface area (Å²) >= 11 is 5.94. The fourth-order valence-electron chi connectivity index (χ4n) is 2.64. The van der Waals surface area contributed by atoms with Crippen molar-refractivity contribution < 1.29 is 0 Å². The fourth-order valence-corrected chi connectivity index (χ4v) is 2.77. The lowest BCUT2D eigenvalue weighted by molar-refractivity contribution is 1.13. The van der Waals surface area contributed by atoms with Crippen LogP contribution in [0.5, 0.6) is 0 Å². The van der Waals surface area contributed by atoms with Gasteiger partial charge in [0.1, 0.15) is 0 Å². The molecule has 0 amide bonds. The summed E-state index contributed by atoms with van der Waals surface area (Å²) in [6, 6.07) is 20.7. The van der Waals surface area contributed by atoms with E-state index < -0.39 is 0 Å². The van der Waals surface area contributed by atoms with E-state index in [9.17, 15) is 0 Å². The second kappa shape index (κ2) is 6.67. The first-order valence-electron chi connectivity index (χ1n) is 7.38. The number of fused-ring (bicyclic) bond motifs is 1. The minimum Gasteiger partial charge on any atom is -0.380 e. The summed E-state index contributed by atoms with van der Waals surface area (Å²) < 4.78 is 0. The Labute approximate surface area is 136 Å². The molecule has 0 saturated heterocycles. The molecule has 22 heavy (non-hydrogen) atoms. The lowest BCUT2D eigenvalue weighted by Gasteiger charge is -2.15. The largest absolute Gasteiger partial charge is 0.380 e. The molecule has 110 valence electrons. The van der Waals surface area contributed by atoms with Gasteiger partial charge in [-0.15, -0.1) is 6.58 Å². The zero-order valence-electron chi connectivity index (χ0n) is 12.4. The highest BCUT2D eigenvalue weighted by Crippen LogP contribution is 2.28. The maximum absolute atomic E-state index is 5.94. The van der Waals surface area contributed by atoms with Gasteiger partial charge in [-0.05, 0) is 35.1 Å². The molecule has 0 spiro atoms. The molecule has 0 saturated carbocycles. The third-order valence-electron chi connectivity index (χ3n) is 3.76. The number of anilines is 1. The average Bonchev–Trinajstić information content (AvgIpc) is 2.55. The minimum atomic E-state index is 0.765. The zero-order chi connectivity index (χ0) is 15.4. The van der Waals surface area contributed by atoms with E-state index >= 15 is 0 Å². The van der Waals surface area contributed by atoms with Crippen molar-refractivity contribution in [2.75, 3.05) is 5.32 Å². The summed E-state index contributed by atoms with van der Waals surface area (Å²) in [5.41, 5.74) is 3.66. The quantitative estimate of drug-likeness (QED) is 0.584. The third-order valence-corrected chi connectivity index (χ3v) is 4.01. The second-order valence-electron chi connectivity index (χ2n) is 5.29. The summed E-state index contributed by atoms with van der Waals surface area (Å²) in [5, 5.41) is 6.84. The first-order valence-corrected chi connectivity index (χ1v) is 7.75. The van der Waals surface area contributed by atoms with Gasteiger partial charge in [-0.1, -0.05) is 66.2 Å². The summed E-state index contributed by atoms with van der Waals surface area (Å²) in [5.74, 6) is 0. The molecule has 0 radical (unpaired) electrons. The topological polar surface area (TPSA) is 12.0 Å². The molecule has 0 aliphatic heterocycles. The highest BCUT2D eigenvalue weighted by Gasteiger charge is 2.06. The Bertz CT molecular complexity index is 790. The van der Waals surface area contributed by atoms with Crippen LogP contribution < -0.4 is 5.32 Å². The lowest BCUT2D eigenvalue weighted by atomic mass is 10.0. The normalized spacial score (nSPS) is 10.6. The Balaban J connectivity index is 1.94. The molecule has 0 unspecified atom stereocenters. The Morgan fingerprint density at radius 3 is 2.50 bits per heavy atom. The predicted octanol–water partition coefficient (Wildman–Crippen LogP) is 5.83. The molecule has 0 aliphatic carbocycles. The van der Waals surface area contributed by atoms with E-state index in [0.717, 1.165) is 18.0 Å². The molecule has 3 aromatic rings. The van der Waals surface area contributed by atoms with Gasteiger partial charge in [0.2, 0.25) is 0 Å². The fraction of sp³-hybridized carbons (Fsp3) is 0.100. The molecule has 3 rings (SSSR count). The molecule has 0 atom stereocenters. The van der Waals surface area contributed by atoms with Gasteiger partial charge in [0.25, 0.3) is 0 Å². The Morgan fingerprint density at radius 1 is 0.955 bits per heavy atom. The first kappa shape index (κ1) is 14.7. The standard InChI is InChI=1S/C20H18ClN/c1-2-5-17-11-10-16-6-3-4-7-19(16)20(17)22-14-15-8-12-18(21)13-9-15/h2-4,6-13,22H,1,5,14H2. The van der Waals surface area contributed by atoms with Gasteiger partial charge in [-0.2, -0.15) is 0 Å². The number of benzene rings is 3. The van der Waals surface area contributed by atoms with Gasteiger partial charge in [0.05, 0.1) is 0 Å². The van der Waals surface area contributed by atoms with E-state index in [1.54, 1.807) is 0 Å². The third kappa shape index (κ3) is 3.15. The summed E-state index contributed by atoms with van der Waals surface area (Å²) in [7, 11) is 0. The van der Waals surface area contributed by atoms with Crippen LogP contribution in [0.1, 0.15) is 11.1 Å². The number of rotatable bonds is 5.